The van der Waals surface area contributed by atoms with Crippen LogP contribution in [0.25, 0.3) is 0 Å². The van der Waals surface area contributed by atoms with Crippen molar-refractivity contribution in [2.75, 3.05) is 19.7 Å². The first kappa shape index (κ1) is 13.3. The molecule has 5 nitrogen and oxygen atoms in total. The summed E-state index contributed by atoms with van der Waals surface area (Å²) in [5.41, 5.74) is 5.58. The maximum absolute atomic E-state index is 12.5. The molecule has 0 radical (unpaired) electrons. The standard InChI is InChI=1S/C11H22N2O3S/c1-2-9(8-12)17(14,15)13-6-7-16-11-5-3-4-10(11)13/h9-11H,2-8,12H2,1H3. The van der Waals surface area contributed by atoms with Gasteiger partial charge in [0, 0.05) is 13.1 Å². The molecule has 1 heterocycles. The fourth-order valence-electron chi connectivity index (χ4n) is 2.90. The maximum Gasteiger partial charge on any atom is 0.218 e. The molecule has 3 atom stereocenters. The van der Waals surface area contributed by atoms with Gasteiger partial charge in [0.1, 0.15) is 0 Å². The average molecular weight is 262 g/mol. The predicted octanol–water partition coefficient (Wildman–Crippen LogP) is 0.307. The zero-order valence-electron chi connectivity index (χ0n) is 10.3. The fraction of sp³-hybridized carbons (Fsp3) is 1.00. The highest BCUT2D eigenvalue weighted by Crippen LogP contribution is 2.32. The highest BCUT2D eigenvalue weighted by atomic mass is 32.2. The maximum atomic E-state index is 12.5. The molecule has 2 fully saturated rings. The Balaban J connectivity index is 2.20. The number of ether oxygens (including phenoxy) is 1. The first-order valence-electron chi connectivity index (χ1n) is 6.43. The van der Waals surface area contributed by atoms with E-state index in [0.717, 1.165) is 19.3 Å². The van der Waals surface area contributed by atoms with Gasteiger partial charge in [-0.05, 0) is 25.7 Å². The number of fused-ring (bicyclic) bond motifs is 1. The van der Waals surface area contributed by atoms with E-state index < -0.39 is 15.3 Å². The number of hydrogen-bond donors (Lipinski definition) is 1. The molecule has 0 aromatic heterocycles. The minimum absolute atomic E-state index is 0.0503. The molecular formula is C11H22N2O3S. The zero-order valence-corrected chi connectivity index (χ0v) is 11.2. The van der Waals surface area contributed by atoms with Crippen molar-refractivity contribution in [2.45, 2.75) is 50.0 Å². The van der Waals surface area contributed by atoms with Gasteiger partial charge in [-0.25, -0.2) is 8.42 Å². The largest absolute Gasteiger partial charge is 0.375 e. The number of morpholine rings is 1. The summed E-state index contributed by atoms with van der Waals surface area (Å²) in [5, 5.41) is -0.443. The summed E-state index contributed by atoms with van der Waals surface area (Å²) in [6, 6.07) is 0.0503. The Hall–Kier alpha value is -0.170. The molecule has 2 aliphatic rings. The molecule has 0 aromatic rings. The van der Waals surface area contributed by atoms with Crippen LogP contribution in [0, 0.1) is 0 Å². The lowest BCUT2D eigenvalue weighted by molar-refractivity contribution is -0.0244. The molecule has 3 unspecified atom stereocenters. The van der Waals surface area contributed by atoms with Crippen LogP contribution < -0.4 is 5.73 Å². The topological polar surface area (TPSA) is 72.6 Å². The van der Waals surface area contributed by atoms with E-state index in [-0.39, 0.29) is 18.7 Å². The monoisotopic (exact) mass is 262 g/mol. The first-order chi connectivity index (χ1) is 8.11. The molecule has 2 rings (SSSR count). The minimum Gasteiger partial charge on any atom is -0.375 e. The Morgan fingerprint density at radius 3 is 2.88 bits per heavy atom. The van der Waals surface area contributed by atoms with Crippen molar-refractivity contribution in [1.82, 2.24) is 4.31 Å². The van der Waals surface area contributed by atoms with E-state index >= 15 is 0 Å². The van der Waals surface area contributed by atoms with Gasteiger partial charge >= 0.3 is 0 Å². The van der Waals surface area contributed by atoms with E-state index in [0.29, 0.717) is 19.6 Å². The van der Waals surface area contributed by atoms with Crippen LogP contribution in [-0.2, 0) is 14.8 Å². The van der Waals surface area contributed by atoms with Gasteiger partial charge < -0.3 is 10.5 Å². The van der Waals surface area contributed by atoms with Crippen molar-refractivity contribution >= 4 is 10.0 Å². The molecule has 1 saturated carbocycles. The summed E-state index contributed by atoms with van der Waals surface area (Å²) in [4.78, 5) is 0. The van der Waals surface area contributed by atoms with Crippen molar-refractivity contribution in [2.24, 2.45) is 5.73 Å². The molecule has 2 N–H and O–H groups in total. The number of nitrogens with zero attached hydrogens (tertiary/aromatic N) is 1. The second-order valence-corrected chi connectivity index (χ2v) is 6.99. The lowest BCUT2D eigenvalue weighted by atomic mass is 10.2. The van der Waals surface area contributed by atoms with Crippen LogP contribution in [0.1, 0.15) is 32.6 Å². The highest BCUT2D eigenvalue weighted by molar-refractivity contribution is 7.89. The molecule has 17 heavy (non-hydrogen) atoms. The normalized spacial score (nSPS) is 32.4. The van der Waals surface area contributed by atoms with E-state index in [1.165, 1.54) is 0 Å². The Kier molecular flexibility index (Phi) is 4.07. The SMILES string of the molecule is CCC(CN)S(=O)(=O)N1CCOC2CCCC21. The van der Waals surface area contributed by atoms with Crippen molar-refractivity contribution < 1.29 is 13.2 Å². The van der Waals surface area contributed by atoms with Gasteiger partial charge in [-0.2, -0.15) is 4.31 Å². The Bertz CT molecular complexity index is 354. The van der Waals surface area contributed by atoms with Crippen LogP contribution in [0.2, 0.25) is 0 Å². The van der Waals surface area contributed by atoms with Crippen LogP contribution in [0.4, 0.5) is 0 Å². The summed E-state index contributed by atoms with van der Waals surface area (Å²) in [6.45, 7) is 3.08. The van der Waals surface area contributed by atoms with Crippen LogP contribution >= 0.6 is 0 Å². The van der Waals surface area contributed by atoms with Crippen molar-refractivity contribution in [1.29, 1.82) is 0 Å². The number of nitrogens with two attached hydrogens (primary N) is 1. The first-order valence-corrected chi connectivity index (χ1v) is 7.94. The summed E-state index contributed by atoms with van der Waals surface area (Å²) >= 11 is 0. The average Bonchev–Trinajstić information content (AvgIpc) is 2.77. The molecule has 0 amide bonds. The fourth-order valence-corrected chi connectivity index (χ4v) is 4.89. The van der Waals surface area contributed by atoms with Gasteiger partial charge in [0.25, 0.3) is 0 Å². The summed E-state index contributed by atoms with van der Waals surface area (Å²) in [6.07, 6.45) is 3.64. The van der Waals surface area contributed by atoms with Gasteiger partial charge in [0.2, 0.25) is 10.0 Å². The van der Waals surface area contributed by atoms with E-state index in [4.69, 9.17) is 10.5 Å². The molecule has 6 heteroatoms. The molecule has 1 aliphatic heterocycles. The number of hydrogen-bond acceptors (Lipinski definition) is 4. The van der Waals surface area contributed by atoms with Gasteiger partial charge in [-0.15, -0.1) is 0 Å². The Labute approximate surface area is 103 Å². The second kappa shape index (κ2) is 5.22. The predicted molar refractivity (Wildman–Crippen MR) is 66.1 cm³/mol. The number of sulfonamides is 1. The molecule has 1 aliphatic carbocycles. The van der Waals surface area contributed by atoms with Crippen LogP contribution in [0.15, 0.2) is 0 Å². The molecule has 0 spiro atoms. The number of rotatable bonds is 4. The van der Waals surface area contributed by atoms with E-state index in [1.807, 2.05) is 6.92 Å². The van der Waals surface area contributed by atoms with Crippen LogP contribution in [-0.4, -0.2) is 49.8 Å². The summed E-state index contributed by atoms with van der Waals surface area (Å²) in [5.74, 6) is 0. The molecule has 100 valence electrons. The minimum atomic E-state index is -3.25. The highest BCUT2D eigenvalue weighted by Gasteiger charge is 2.43. The third-order valence-electron chi connectivity index (χ3n) is 3.90. The van der Waals surface area contributed by atoms with Gasteiger partial charge in [-0.3, -0.25) is 0 Å². The second-order valence-electron chi connectivity index (χ2n) is 4.83. The van der Waals surface area contributed by atoms with Crippen molar-refractivity contribution in [3.8, 4) is 0 Å². The van der Waals surface area contributed by atoms with Gasteiger partial charge in [0.05, 0.1) is 24.0 Å². The molecular weight excluding hydrogens is 240 g/mol. The van der Waals surface area contributed by atoms with Gasteiger partial charge in [-0.1, -0.05) is 6.92 Å². The van der Waals surface area contributed by atoms with E-state index in [9.17, 15) is 8.42 Å². The van der Waals surface area contributed by atoms with E-state index in [1.54, 1.807) is 4.31 Å². The third-order valence-corrected chi connectivity index (χ3v) is 6.37. The Morgan fingerprint density at radius 2 is 2.24 bits per heavy atom. The third kappa shape index (κ3) is 2.36. The molecule has 0 bridgehead atoms. The smallest absolute Gasteiger partial charge is 0.218 e. The zero-order chi connectivity index (χ0) is 12.5. The van der Waals surface area contributed by atoms with Crippen LogP contribution in [0.3, 0.4) is 0 Å². The van der Waals surface area contributed by atoms with Crippen molar-refractivity contribution in [3.05, 3.63) is 0 Å². The van der Waals surface area contributed by atoms with Crippen molar-refractivity contribution in [3.63, 3.8) is 0 Å². The van der Waals surface area contributed by atoms with E-state index in [2.05, 4.69) is 0 Å². The molecule has 1 saturated heterocycles. The Morgan fingerprint density at radius 1 is 1.47 bits per heavy atom. The van der Waals surface area contributed by atoms with Crippen LogP contribution in [0.5, 0.6) is 0 Å². The lowest BCUT2D eigenvalue weighted by Crippen LogP contribution is -2.54. The molecule has 0 aromatic carbocycles. The van der Waals surface area contributed by atoms with Gasteiger partial charge in [0.15, 0.2) is 0 Å². The summed E-state index contributed by atoms with van der Waals surface area (Å²) < 4.78 is 32.3. The quantitative estimate of drug-likeness (QED) is 0.791. The lowest BCUT2D eigenvalue weighted by Gasteiger charge is -2.38. The summed E-state index contributed by atoms with van der Waals surface area (Å²) in [7, 11) is -3.25.